The number of hydrogen-bond donors (Lipinski definition) is 2. The molecule has 31 heavy (non-hydrogen) atoms. The average Bonchev–Trinajstić information content (AvgIpc) is 3.20. The van der Waals surface area contributed by atoms with Gasteiger partial charge in [0.05, 0.1) is 31.0 Å². The zero-order valence-electron chi connectivity index (χ0n) is 17.5. The van der Waals surface area contributed by atoms with Crippen LogP contribution in [-0.4, -0.2) is 44.9 Å². The van der Waals surface area contributed by atoms with Gasteiger partial charge >= 0.3 is 5.97 Å². The molecule has 0 aromatic carbocycles. The molecular formula is C21H25F2N5O3. The molecule has 0 unspecified atom stereocenters. The maximum atomic E-state index is 14.1. The highest BCUT2D eigenvalue weighted by atomic mass is 19.3. The van der Waals surface area contributed by atoms with Gasteiger partial charge in [0.25, 0.3) is 11.8 Å². The summed E-state index contributed by atoms with van der Waals surface area (Å²) >= 11 is 0. The Hall–Kier alpha value is -2.78. The van der Waals surface area contributed by atoms with E-state index < -0.39 is 23.2 Å². The van der Waals surface area contributed by atoms with Crippen molar-refractivity contribution >= 4 is 17.6 Å². The molecule has 166 valence electrons. The second-order valence-electron chi connectivity index (χ2n) is 9.19. The summed E-state index contributed by atoms with van der Waals surface area (Å²) in [4.78, 5) is 24.5. The van der Waals surface area contributed by atoms with Gasteiger partial charge in [-0.2, -0.15) is 10.2 Å². The number of methoxy groups -OCH3 is 1. The van der Waals surface area contributed by atoms with Crippen molar-refractivity contribution < 1.29 is 23.1 Å². The van der Waals surface area contributed by atoms with E-state index in [0.29, 0.717) is 16.9 Å². The number of carbonyl (C=O) groups excluding carboxylic acids is 2. The Balaban J connectivity index is 1.24. The lowest BCUT2D eigenvalue weighted by Gasteiger charge is -2.26. The number of aromatic nitrogens is 4. The molecule has 10 heteroatoms. The van der Waals surface area contributed by atoms with Gasteiger partial charge in [0, 0.05) is 35.2 Å². The fourth-order valence-electron chi connectivity index (χ4n) is 5.33. The number of ether oxygens (including phenoxy) is 1. The van der Waals surface area contributed by atoms with Crippen molar-refractivity contribution in [3.63, 3.8) is 0 Å². The quantitative estimate of drug-likeness (QED) is 0.722. The first kappa shape index (κ1) is 20.1. The fraction of sp³-hybridized carbons (Fsp3) is 0.619. The van der Waals surface area contributed by atoms with Gasteiger partial charge < -0.3 is 10.1 Å². The Labute approximate surface area is 177 Å². The Morgan fingerprint density at radius 3 is 2.74 bits per heavy atom. The summed E-state index contributed by atoms with van der Waals surface area (Å²) in [6, 6.07) is 0.152. The first-order valence-electron chi connectivity index (χ1n) is 10.6. The number of alkyl halides is 2. The van der Waals surface area contributed by atoms with Crippen LogP contribution in [0, 0.1) is 17.3 Å². The van der Waals surface area contributed by atoms with Gasteiger partial charge in [-0.05, 0) is 32.1 Å². The summed E-state index contributed by atoms with van der Waals surface area (Å²) < 4.78 is 34.8. The summed E-state index contributed by atoms with van der Waals surface area (Å²) in [5.74, 6) is -4.10. The number of anilines is 1. The van der Waals surface area contributed by atoms with E-state index in [1.807, 2.05) is 0 Å². The molecule has 1 amide bonds. The first-order valence-corrected chi connectivity index (χ1v) is 10.6. The number of rotatable bonds is 4. The van der Waals surface area contributed by atoms with Gasteiger partial charge in [-0.25, -0.2) is 8.78 Å². The molecule has 5 rings (SSSR count). The molecule has 2 saturated carbocycles. The Morgan fingerprint density at radius 2 is 2.03 bits per heavy atom. The van der Waals surface area contributed by atoms with Gasteiger partial charge in [0.15, 0.2) is 5.69 Å². The minimum Gasteiger partial charge on any atom is -0.469 e. The highest BCUT2D eigenvalue weighted by molar-refractivity contribution is 6.04. The predicted molar refractivity (Wildman–Crippen MR) is 106 cm³/mol. The second-order valence-corrected chi connectivity index (χ2v) is 9.19. The Bertz CT molecular complexity index is 1040. The van der Waals surface area contributed by atoms with Crippen molar-refractivity contribution in [2.75, 3.05) is 12.4 Å². The number of fused-ring (bicyclic) bond motifs is 2. The number of carbonyl (C=O) groups is 2. The van der Waals surface area contributed by atoms with Crippen molar-refractivity contribution in [3.8, 4) is 0 Å². The normalized spacial score (nSPS) is 30.8. The molecule has 2 atom stereocenters. The largest absolute Gasteiger partial charge is 0.469 e. The molecule has 2 aromatic rings. The highest BCUT2D eigenvalue weighted by Gasteiger charge is 2.78. The molecule has 3 aliphatic carbocycles. The fourth-order valence-corrected chi connectivity index (χ4v) is 5.33. The number of nitrogens with one attached hydrogen (secondary N) is 2. The van der Waals surface area contributed by atoms with E-state index in [4.69, 9.17) is 4.74 Å². The summed E-state index contributed by atoms with van der Waals surface area (Å²) in [5.41, 5.74) is 0.874. The summed E-state index contributed by atoms with van der Waals surface area (Å²) in [6.07, 6.45) is 6.76. The molecule has 0 radical (unpaired) electrons. The van der Waals surface area contributed by atoms with E-state index in [2.05, 4.69) is 20.6 Å². The standard InChI is InChI=1S/C21H25F2N5O3/c1-20-8-15-14(7-16(20)21(20,22)23)17(27-26-15)18(29)25-12-9-24-28(10-12)13-5-3-11(4-6-13)19(30)31-2/h9-11,13,16H,3-8H2,1-2H3,(H,25,29)(H,26,27)/t11?,13?,16-,20+/m0/s1. The highest BCUT2D eigenvalue weighted by Crippen LogP contribution is 2.70. The molecule has 0 spiro atoms. The lowest BCUT2D eigenvalue weighted by molar-refractivity contribution is -0.146. The lowest BCUT2D eigenvalue weighted by Crippen LogP contribution is -2.24. The van der Waals surface area contributed by atoms with E-state index in [1.165, 1.54) is 7.11 Å². The maximum Gasteiger partial charge on any atom is 0.308 e. The van der Waals surface area contributed by atoms with Crippen LogP contribution < -0.4 is 5.32 Å². The van der Waals surface area contributed by atoms with Crippen LogP contribution in [0.3, 0.4) is 0 Å². The van der Waals surface area contributed by atoms with Crippen LogP contribution >= 0.6 is 0 Å². The summed E-state index contributed by atoms with van der Waals surface area (Å²) in [5, 5.41) is 14.0. The third-order valence-electron chi connectivity index (χ3n) is 7.47. The molecule has 8 nitrogen and oxygen atoms in total. The van der Waals surface area contributed by atoms with Crippen LogP contribution in [0.25, 0.3) is 0 Å². The minimum atomic E-state index is -2.70. The summed E-state index contributed by atoms with van der Waals surface area (Å²) in [6.45, 7) is 1.59. The van der Waals surface area contributed by atoms with E-state index >= 15 is 0 Å². The smallest absolute Gasteiger partial charge is 0.308 e. The van der Waals surface area contributed by atoms with Crippen LogP contribution in [0.4, 0.5) is 14.5 Å². The zero-order chi connectivity index (χ0) is 22.0. The Morgan fingerprint density at radius 1 is 1.29 bits per heavy atom. The van der Waals surface area contributed by atoms with Gasteiger partial charge in [-0.15, -0.1) is 0 Å². The topological polar surface area (TPSA) is 102 Å². The van der Waals surface area contributed by atoms with Crippen molar-refractivity contribution in [1.29, 1.82) is 0 Å². The van der Waals surface area contributed by atoms with Crippen LogP contribution in [0.1, 0.15) is 60.4 Å². The zero-order valence-corrected chi connectivity index (χ0v) is 17.5. The molecule has 2 aromatic heterocycles. The van der Waals surface area contributed by atoms with Crippen LogP contribution in [-0.2, 0) is 22.4 Å². The number of hydrogen-bond acceptors (Lipinski definition) is 5. The average molecular weight is 433 g/mol. The van der Waals surface area contributed by atoms with Crippen LogP contribution in [0.5, 0.6) is 0 Å². The van der Waals surface area contributed by atoms with Crippen molar-refractivity contribution in [2.45, 2.75) is 57.4 Å². The van der Waals surface area contributed by atoms with E-state index in [0.717, 1.165) is 25.7 Å². The minimum absolute atomic E-state index is 0.0671. The van der Waals surface area contributed by atoms with Gasteiger partial charge in [-0.1, -0.05) is 6.92 Å². The van der Waals surface area contributed by atoms with Crippen molar-refractivity contribution in [2.24, 2.45) is 17.3 Å². The van der Waals surface area contributed by atoms with Crippen LogP contribution in [0.15, 0.2) is 12.4 Å². The molecular weight excluding hydrogens is 408 g/mol. The van der Waals surface area contributed by atoms with Gasteiger partial charge in [-0.3, -0.25) is 19.4 Å². The molecule has 2 fully saturated rings. The number of nitrogens with zero attached hydrogens (tertiary/aromatic N) is 3. The SMILES string of the molecule is COC(=O)C1CCC(n2cc(NC(=O)c3n[nH]c4c3C[C@@H]3C(F)(F)[C@]3(C)C4)cn2)CC1. The number of esters is 1. The van der Waals surface area contributed by atoms with E-state index in [-0.39, 0.29) is 36.5 Å². The molecule has 2 N–H and O–H groups in total. The van der Waals surface area contributed by atoms with E-state index in [9.17, 15) is 18.4 Å². The number of H-pyrrole nitrogens is 1. The Kier molecular flexibility index (Phi) is 4.46. The third kappa shape index (κ3) is 3.06. The van der Waals surface area contributed by atoms with Crippen molar-refractivity contribution in [1.82, 2.24) is 20.0 Å². The lowest BCUT2D eigenvalue weighted by atomic mass is 9.86. The van der Waals surface area contributed by atoms with Crippen molar-refractivity contribution in [3.05, 3.63) is 29.3 Å². The molecule has 0 saturated heterocycles. The number of amides is 1. The second kappa shape index (κ2) is 6.86. The molecule has 2 heterocycles. The third-order valence-corrected chi connectivity index (χ3v) is 7.47. The molecule has 0 aliphatic heterocycles. The predicted octanol–water partition coefficient (Wildman–Crippen LogP) is 3.13. The number of aromatic amines is 1. The van der Waals surface area contributed by atoms with Gasteiger partial charge in [0.1, 0.15) is 0 Å². The van der Waals surface area contributed by atoms with Crippen LogP contribution in [0.2, 0.25) is 0 Å². The first-order chi connectivity index (χ1) is 14.7. The molecule has 0 bridgehead atoms. The number of halogens is 2. The monoisotopic (exact) mass is 433 g/mol. The summed E-state index contributed by atoms with van der Waals surface area (Å²) in [7, 11) is 1.40. The van der Waals surface area contributed by atoms with E-state index in [1.54, 1.807) is 24.0 Å². The van der Waals surface area contributed by atoms with Gasteiger partial charge in [0.2, 0.25) is 0 Å². The maximum absolute atomic E-state index is 14.1. The molecule has 3 aliphatic rings.